The Labute approximate surface area is 309 Å². The molecule has 0 unspecified atom stereocenters. The predicted molar refractivity (Wildman–Crippen MR) is 219 cm³/mol. The minimum Gasteiger partial charge on any atom is -0.309 e. The number of hydrogen-bond acceptors (Lipinski definition) is 1. The number of fused-ring (bicyclic) bond motifs is 9. The summed E-state index contributed by atoms with van der Waals surface area (Å²) in [5, 5.41) is 5.25. The quantitative estimate of drug-likeness (QED) is 0.176. The van der Waals surface area contributed by atoms with Crippen molar-refractivity contribution in [3.63, 3.8) is 0 Å². The topological polar surface area (TPSA) is 9.86 Å². The number of para-hydroxylation sites is 3. The third-order valence-corrected chi connectivity index (χ3v) is 11.0. The smallest absolute Gasteiger partial charge is 0.0645 e. The number of nitrogens with zero attached hydrogens (tertiary/aromatic N) is 2. The molecule has 238 valence electrons. The Kier molecular flexibility index (Phi) is 4.68. The highest BCUT2D eigenvalue weighted by molar-refractivity contribution is 7.25. The molecule has 0 spiro atoms. The molecule has 0 N–H and O–H groups in total. The largest absolute Gasteiger partial charge is 0.309 e. The first-order chi connectivity index (χ1) is 28.6. The molecule has 0 aliphatic heterocycles. The van der Waals surface area contributed by atoms with Gasteiger partial charge in [0.2, 0.25) is 0 Å². The molecule has 0 saturated heterocycles. The molecule has 0 saturated carbocycles. The van der Waals surface area contributed by atoms with Gasteiger partial charge in [-0.25, -0.2) is 0 Å². The predicted octanol–water partition coefficient (Wildman–Crippen LogP) is 13.6. The molecular weight excluding hydrogens is 637 g/mol. The maximum atomic E-state index is 9.33. The molecule has 3 heterocycles. The molecule has 3 aromatic heterocycles. The van der Waals surface area contributed by atoms with Crippen LogP contribution in [-0.4, -0.2) is 9.13 Å². The van der Waals surface area contributed by atoms with E-state index in [0.717, 1.165) is 64.3 Å². The van der Waals surface area contributed by atoms with Crippen molar-refractivity contribution in [1.82, 2.24) is 9.13 Å². The lowest BCUT2D eigenvalue weighted by Gasteiger charge is -2.13. The minimum absolute atomic E-state index is 0.0474. The van der Waals surface area contributed by atoms with Gasteiger partial charge in [-0.3, -0.25) is 0 Å². The third-order valence-electron chi connectivity index (χ3n) is 9.91. The minimum atomic E-state index is -0.280. The van der Waals surface area contributed by atoms with Gasteiger partial charge in [0.05, 0.1) is 38.7 Å². The van der Waals surface area contributed by atoms with Gasteiger partial charge in [-0.05, 0) is 82.9 Å². The fraction of sp³-hybridized carbons (Fsp3) is 0. The molecule has 0 fully saturated rings. The molecule has 0 amide bonds. The number of benzene rings is 8. The normalized spacial score (nSPS) is 14.1. The average Bonchev–Trinajstić information content (AvgIpc) is 3.92. The molecule has 0 radical (unpaired) electrons. The Morgan fingerprint density at radius 3 is 2.00 bits per heavy atom. The van der Waals surface area contributed by atoms with Crippen molar-refractivity contribution in [3.05, 3.63) is 182 Å². The van der Waals surface area contributed by atoms with Crippen LogP contribution in [0.25, 0.3) is 97.4 Å². The van der Waals surface area contributed by atoms with Crippen LogP contribution >= 0.6 is 11.3 Å². The fourth-order valence-corrected chi connectivity index (χ4v) is 8.79. The summed E-state index contributed by atoms with van der Waals surface area (Å²) < 4.78 is 77.1. The zero-order valence-corrected chi connectivity index (χ0v) is 27.8. The molecule has 0 aliphatic carbocycles. The van der Waals surface area contributed by atoms with Crippen LogP contribution in [0.2, 0.25) is 0 Å². The first kappa shape index (κ1) is 21.6. The Balaban J connectivity index is 1.20. The maximum Gasteiger partial charge on any atom is 0.0645 e. The zero-order valence-electron chi connectivity index (χ0n) is 35.0. The highest BCUT2D eigenvalue weighted by atomic mass is 32.1. The summed E-state index contributed by atoms with van der Waals surface area (Å²) in [4.78, 5) is 0. The average molecular weight is 675 g/mol. The van der Waals surface area contributed by atoms with Crippen molar-refractivity contribution in [2.75, 3.05) is 0 Å². The van der Waals surface area contributed by atoms with E-state index in [9.17, 15) is 1.37 Å². The van der Waals surface area contributed by atoms with Gasteiger partial charge < -0.3 is 9.13 Å². The van der Waals surface area contributed by atoms with Gasteiger partial charge in [-0.1, -0.05) is 121 Å². The standard InChI is InChI=1S/C48H30N2S/c1-2-12-31(13-3-1)32-14-10-15-33(28-32)34-24-27-46-40(29-34)48-44(22-11-23-47(48)51-46)50-43-21-9-6-18-38(43)39-26-25-35(30-45(39)50)49-41-19-7-4-16-36(41)37-17-5-8-20-42(37)49/h1-30H/i4D,7D,10D,14D,15D,16D,19D,28D. The van der Waals surface area contributed by atoms with Gasteiger partial charge in [0.1, 0.15) is 0 Å². The van der Waals surface area contributed by atoms with Gasteiger partial charge in [0.25, 0.3) is 0 Å². The van der Waals surface area contributed by atoms with E-state index >= 15 is 0 Å². The number of hydrogen-bond donors (Lipinski definition) is 0. The van der Waals surface area contributed by atoms with Gasteiger partial charge in [-0.2, -0.15) is 0 Å². The Morgan fingerprint density at radius 1 is 0.412 bits per heavy atom. The van der Waals surface area contributed by atoms with Crippen LogP contribution in [0, 0.1) is 0 Å². The number of thiophene rings is 1. The Morgan fingerprint density at radius 2 is 1.14 bits per heavy atom. The van der Waals surface area contributed by atoms with Crippen LogP contribution < -0.4 is 0 Å². The second-order valence-corrected chi connectivity index (χ2v) is 13.8. The Hall–Kier alpha value is -6.42. The van der Waals surface area contributed by atoms with Gasteiger partial charge in [-0.15, -0.1) is 11.3 Å². The van der Waals surface area contributed by atoms with E-state index in [1.165, 1.54) is 0 Å². The van der Waals surface area contributed by atoms with E-state index in [0.29, 0.717) is 33.2 Å². The maximum absolute atomic E-state index is 9.33. The van der Waals surface area contributed by atoms with Crippen molar-refractivity contribution in [1.29, 1.82) is 0 Å². The highest BCUT2D eigenvalue weighted by Gasteiger charge is 2.19. The third kappa shape index (κ3) is 4.29. The monoisotopic (exact) mass is 674 g/mol. The van der Waals surface area contributed by atoms with Crippen LogP contribution in [0.1, 0.15) is 11.0 Å². The lowest BCUT2D eigenvalue weighted by Crippen LogP contribution is -1.97. The van der Waals surface area contributed by atoms with Crippen molar-refractivity contribution in [2.24, 2.45) is 0 Å². The van der Waals surface area contributed by atoms with Crippen molar-refractivity contribution in [3.8, 4) is 33.6 Å². The molecule has 11 rings (SSSR count). The summed E-state index contributed by atoms with van der Waals surface area (Å²) >= 11 is 1.66. The Bertz CT molecular complexity index is 3600. The summed E-state index contributed by atoms with van der Waals surface area (Å²) in [5.74, 6) is 0. The van der Waals surface area contributed by atoms with E-state index < -0.39 is 0 Å². The fourth-order valence-electron chi connectivity index (χ4n) is 7.68. The molecule has 8 aromatic carbocycles. The van der Waals surface area contributed by atoms with E-state index in [1.54, 1.807) is 11.3 Å². The summed E-state index contributed by atoms with van der Waals surface area (Å²) in [6, 6.07) is 42.4. The lowest BCUT2D eigenvalue weighted by molar-refractivity contribution is 1.16. The molecule has 0 aliphatic rings. The van der Waals surface area contributed by atoms with Crippen LogP contribution in [-0.2, 0) is 0 Å². The highest BCUT2D eigenvalue weighted by Crippen LogP contribution is 2.43. The van der Waals surface area contributed by atoms with Crippen molar-refractivity contribution < 1.29 is 11.0 Å². The van der Waals surface area contributed by atoms with Gasteiger partial charge in [0, 0.05) is 47.4 Å². The summed E-state index contributed by atoms with van der Waals surface area (Å²) in [7, 11) is 0. The molecule has 51 heavy (non-hydrogen) atoms. The summed E-state index contributed by atoms with van der Waals surface area (Å²) in [5.41, 5.74) is 6.74. The number of aromatic nitrogens is 2. The molecule has 0 bridgehead atoms. The zero-order chi connectivity index (χ0) is 40.4. The molecule has 11 aromatic rings. The first-order valence-corrected chi connectivity index (χ1v) is 17.6. The van der Waals surface area contributed by atoms with Crippen LogP contribution in [0.3, 0.4) is 0 Å². The lowest BCUT2D eigenvalue weighted by atomic mass is 9.98. The van der Waals surface area contributed by atoms with Crippen molar-refractivity contribution in [2.45, 2.75) is 0 Å². The van der Waals surface area contributed by atoms with Crippen molar-refractivity contribution >= 4 is 75.1 Å². The molecule has 0 atom stereocenters. The van der Waals surface area contributed by atoms with Crippen LogP contribution in [0.15, 0.2) is 182 Å². The second kappa shape index (κ2) is 11.0. The van der Waals surface area contributed by atoms with Crippen LogP contribution in [0.4, 0.5) is 0 Å². The van der Waals surface area contributed by atoms with E-state index in [4.69, 9.17) is 9.60 Å². The number of rotatable bonds is 4. The second-order valence-electron chi connectivity index (χ2n) is 12.7. The van der Waals surface area contributed by atoms with E-state index in [2.05, 4.69) is 47.0 Å². The SMILES string of the molecule is [2H]c1c([2H])c(-c2ccccc2)c([2H])c(-c2ccc3sc4cccc(-n5c6ccccc6c6ccc(-n7c8ccccc8c8c([2H])c([2H])c([2H])c([2H])c87)cc65)c4c3c2)c1[2H]. The molecule has 3 heteroatoms. The van der Waals surface area contributed by atoms with Gasteiger partial charge >= 0.3 is 0 Å². The molecular formula is C48H30N2S. The van der Waals surface area contributed by atoms with E-state index in [-0.39, 0.29) is 48.3 Å². The van der Waals surface area contributed by atoms with Gasteiger partial charge in [0.15, 0.2) is 0 Å². The molecule has 2 nitrogen and oxygen atoms in total. The summed E-state index contributed by atoms with van der Waals surface area (Å²) in [6.45, 7) is 0. The van der Waals surface area contributed by atoms with E-state index in [1.807, 2.05) is 95.6 Å². The first-order valence-electron chi connectivity index (χ1n) is 20.8. The van der Waals surface area contributed by atoms with Crippen LogP contribution in [0.5, 0.6) is 0 Å². The summed E-state index contributed by atoms with van der Waals surface area (Å²) in [6.07, 6.45) is 0.